The Kier molecular flexibility index (Phi) is 5.74. The maximum atomic E-state index is 4.58. The Hall–Kier alpha value is -3.43. The normalized spacial score (nSPS) is 16.3. The number of nitrogens with zero attached hydrogens (tertiary/aromatic N) is 3. The molecular formula is C30H31N3. The van der Waals surface area contributed by atoms with Crippen molar-refractivity contribution >= 4 is 6.08 Å². The van der Waals surface area contributed by atoms with Crippen molar-refractivity contribution in [2.45, 2.75) is 33.2 Å². The van der Waals surface area contributed by atoms with Gasteiger partial charge < -0.3 is 4.57 Å². The molecule has 0 saturated carbocycles. The number of hydrogen-bond donors (Lipinski definition) is 0. The molecule has 1 aliphatic heterocycles. The standard InChI is InChI=1S/C30H31N3/c1-5-9-27-21(2)33(30-22(3)32(4)19-17-28(27)30)26-14-12-23(13-15-26)25-16-18-31-29(20-25)24-10-7-6-8-11-24/h5-16,18,20,22H,17,19H2,1-4H3/b9-5-. The molecule has 0 fully saturated rings. The molecule has 33 heavy (non-hydrogen) atoms. The molecule has 5 rings (SSSR count). The van der Waals surface area contributed by atoms with Gasteiger partial charge in [-0.3, -0.25) is 9.88 Å². The first-order chi connectivity index (χ1) is 16.1. The van der Waals surface area contributed by atoms with E-state index in [0.717, 1.165) is 24.2 Å². The molecule has 2 aromatic carbocycles. The van der Waals surface area contributed by atoms with E-state index in [4.69, 9.17) is 0 Å². The van der Waals surface area contributed by atoms with Gasteiger partial charge in [-0.25, -0.2) is 0 Å². The Morgan fingerprint density at radius 2 is 1.70 bits per heavy atom. The van der Waals surface area contributed by atoms with Crippen LogP contribution < -0.4 is 0 Å². The molecule has 4 aromatic rings. The summed E-state index contributed by atoms with van der Waals surface area (Å²) in [5.41, 5.74) is 11.4. The van der Waals surface area contributed by atoms with Gasteiger partial charge in [-0.1, -0.05) is 54.6 Å². The molecule has 1 unspecified atom stereocenters. The second kappa shape index (κ2) is 8.84. The zero-order chi connectivity index (χ0) is 22.9. The van der Waals surface area contributed by atoms with Crippen LogP contribution in [0.4, 0.5) is 0 Å². The van der Waals surface area contributed by atoms with Gasteiger partial charge >= 0.3 is 0 Å². The van der Waals surface area contributed by atoms with Crippen molar-refractivity contribution in [3.05, 3.63) is 102 Å². The highest BCUT2D eigenvalue weighted by Gasteiger charge is 2.29. The van der Waals surface area contributed by atoms with Crippen LogP contribution in [-0.2, 0) is 6.42 Å². The predicted octanol–water partition coefficient (Wildman–Crippen LogP) is 7.10. The molecule has 1 atom stereocenters. The van der Waals surface area contributed by atoms with Gasteiger partial charge in [0.15, 0.2) is 0 Å². The lowest BCUT2D eigenvalue weighted by atomic mass is 9.97. The van der Waals surface area contributed by atoms with Gasteiger partial charge in [0.2, 0.25) is 0 Å². The summed E-state index contributed by atoms with van der Waals surface area (Å²) in [6, 6.07) is 24.0. The van der Waals surface area contributed by atoms with E-state index in [2.05, 4.69) is 115 Å². The molecule has 0 spiro atoms. The number of fused-ring (bicyclic) bond motifs is 1. The number of hydrogen-bond acceptors (Lipinski definition) is 2. The van der Waals surface area contributed by atoms with E-state index < -0.39 is 0 Å². The Morgan fingerprint density at radius 3 is 2.42 bits per heavy atom. The quantitative estimate of drug-likeness (QED) is 0.342. The van der Waals surface area contributed by atoms with Crippen LogP contribution in [-0.4, -0.2) is 28.0 Å². The molecule has 166 valence electrons. The van der Waals surface area contributed by atoms with Crippen LogP contribution in [0.5, 0.6) is 0 Å². The highest BCUT2D eigenvalue weighted by Crippen LogP contribution is 2.37. The van der Waals surface area contributed by atoms with E-state index in [1.54, 1.807) is 0 Å². The Balaban J connectivity index is 1.55. The second-order valence-electron chi connectivity index (χ2n) is 8.95. The fourth-order valence-electron chi connectivity index (χ4n) is 5.09. The average Bonchev–Trinajstić information content (AvgIpc) is 3.14. The highest BCUT2D eigenvalue weighted by molar-refractivity contribution is 5.71. The fraction of sp³-hybridized carbons (Fsp3) is 0.233. The molecule has 2 aromatic heterocycles. The lowest BCUT2D eigenvalue weighted by molar-refractivity contribution is 0.240. The maximum Gasteiger partial charge on any atom is 0.0708 e. The van der Waals surface area contributed by atoms with Gasteiger partial charge in [-0.2, -0.15) is 0 Å². The van der Waals surface area contributed by atoms with Gasteiger partial charge in [-0.05, 0) is 80.8 Å². The molecule has 0 radical (unpaired) electrons. The minimum absolute atomic E-state index is 0.389. The number of benzene rings is 2. The predicted molar refractivity (Wildman–Crippen MR) is 139 cm³/mol. The number of pyridine rings is 1. The van der Waals surface area contributed by atoms with E-state index in [1.165, 1.54) is 39.3 Å². The van der Waals surface area contributed by atoms with Crippen LogP contribution in [0.1, 0.15) is 42.4 Å². The van der Waals surface area contributed by atoms with E-state index in [9.17, 15) is 0 Å². The van der Waals surface area contributed by atoms with Crippen LogP contribution in [0.15, 0.2) is 79.0 Å². The van der Waals surface area contributed by atoms with Crippen molar-refractivity contribution < 1.29 is 0 Å². The van der Waals surface area contributed by atoms with Crippen molar-refractivity contribution in [2.75, 3.05) is 13.6 Å². The molecule has 0 bridgehead atoms. The third kappa shape index (κ3) is 3.83. The Labute approximate surface area is 197 Å². The van der Waals surface area contributed by atoms with Crippen LogP contribution in [0.3, 0.4) is 0 Å². The van der Waals surface area contributed by atoms with Crippen LogP contribution in [0.2, 0.25) is 0 Å². The van der Waals surface area contributed by atoms with Crippen LogP contribution >= 0.6 is 0 Å². The molecule has 3 heterocycles. The molecule has 0 aliphatic carbocycles. The third-order valence-electron chi connectivity index (χ3n) is 6.99. The molecule has 3 heteroatoms. The van der Waals surface area contributed by atoms with Crippen LogP contribution in [0, 0.1) is 6.92 Å². The molecule has 0 N–H and O–H groups in total. The van der Waals surface area contributed by atoms with E-state index in [0.29, 0.717) is 6.04 Å². The molecular weight excluding hydrogens is 402 g/mol. The third-order valence-corrected chi connectivity index (χ3v) is 6.99. The van der Waals surface area contributed by atoms with Crippen molar-refractivity contribution in [1.29, 1.82) is 0 Å². The largest absolute Gasteiger partial charge is 0.316 e. The van der Waals surface area contributed by atoms with Gasteiger partial charge in [0.25, 0.3) is 0 Å². The Morgan fingerprint density at radius 1 is 0.939 bits per heavy atom. The fourth-order valence-corrected chi connectivity index (χ4v) is 5.09. The van der Waals surface area contributed by atoms with Crippen molar-refractivity contribution in [2.24, 2.45) is 0 Å². The van der Waals surface area contributed by atoms with Crippen molar-refractivity contribution in [3.8, 4) is 28.1 Å². The lowest BCUT2D eigenvalue weighted by Crippen LogP contribution is -2.31. The summed E-state index contributed by atoms with van der Waals surface area (Å²) < 4.78 is 2.47. The summed E-state index contributed by atoms with van der Waals surface area (Å²) in [5, 5.41) is 0. The average molecular weight is 434 g/mol. The van der Waals surface area contributed by atoms with Gasteiger partial charge in [0.05, 0.1) is 5.69 Å². The molecule has 0 amide bonds. The number of allylic oxidation sites excluding steroid dienone is 1. The minimum Gasteiger partial charge on any atom is -0.316 e. The molecule has 1 aliphatic rings. The topological polar surface area (TPSA) is 21.1 Å². The molecule has 3 nitrogen and oxygen atoms in total. The number of rotatable bonds is 4. The van der Waals surface area contributed by atoms with E-state index in [-0.39, 0.29) is 0 Å². The first-order valence-corrected chi connectivity index (χ1v) is 11.8. The summed E-state index contributed by atoms with van der Waals surface area (Å²) in [6.07, 6.45) is 7.44. The van der Waals surface area contributed by atoms with Crippen molar-refractivity contribution in [1.82, 2.24) is 14.5 Å². The van der Waals surface area contributed by atoms with Gasteiger partial charge in [-0.15, -0.1) is 0 Å². The first-order valence-electron chi connectivity index (χ1n) is 11.8. The van der Waals surface area contributed by atoms with Crippen molar-refractivity contribution in [3.63, 3.8) is 0 Å². The zero-order valence-corrected chi connectivity index (χ0v) is 19.9. The lowest BCUT2D eigenvalue weighted by Gasteiger charge is -2.32. The second-order valence-corrected chi connectivity index (χ2v) is 8.95. The minimum atomic E-state index is 0.389. The highest BCUT2D eigenvalue weighted by atomic mass is 15.2. The van der Waals surface area contributed by atoms with E-state index >= 15 is 0 Å². The summed E-state index contributed by atoms with van der Waals surface area (Å²) in [5.74, 6) is 0. The molecule has 0 saturated heterocycles. The summed E-state index contributed by atoms with van der Waals surface area (Å²) >= 11 is 0. The first kappa shape index (κ1) is 21.4. The zero-order valence-electron chi connectivity index (χ0n) is 19.9. The number of aromatic nitrogens is 2. The SMILES string of the molecule is C/C=C\c1c2c(n(-c3ccc(-c4ccnc(-c5ccccc5)c4)cc3)c1C)C(C)N(C)CC2. The monoisotopic (exact) mass is 433 g/mol. The summed E-state index contributed by atoms with van der Waals surface area (Å²) in [6.45, 7) is 7.79. The van der Waals surface area contributed by atoms with E-state index in [1.807, 2.05) is 12.3 Å². The van der Waals surface area contributed by atoms with Gasteiger partial charge in [0.1, 0.15) is 0 Å². The van der Waals surface area contributed by atoms with Gasteiger partial charge in [0, 0.05) is 41.4 Å². The number of likely N-dealkylation sites (N-methyl/N-ethyl adjacent to an activating group) is 1. The summed E-state index contributed by atoms with van der Waals surface area (Å²) in [4.78, 5) is 7.03. The smallest absolute Gasteiger partial charge is 0.0708 e. The van der Waals surface area contributed by atoms with Crippen LogP contribution in [0.25, 0.3) is 34.1 Å². The Bertz CT molecular complexity index is 1300. The maximum absolute atomic E-state index is 4.58. The summed E-state index contributed by atoms with van der Waals surface area (Å²) in [7, 11) is 2.23.